The lowest BCUT2D eigenvalue weighted by Gasteiger charge is -2.16. The lowest BCUT2D eigenvalue weighted by atomic mass is 10.1. The molecule has 0 amide bonds. The van der Waals surface area contributed by atoms with Gasteiger partial charge in [-0.15, -0.1) is 24.2 Å². The maximum Gasteiger partial charge on any atom is 0.243 e. The number of nitrogens with two attached hydrogens (primary N) is 1. The van der Waals surface area contributed by atoms with E-state index >= 15 is 0 Å². The van der Waals surface area contributed by atoms with Crippen LogP contribution in [0.4, 0.5) is 0 Å². The zero-order chi connectivity index (χ0) is 13.3. The van der Waals surface area contributed by atoms with Crippen molar-refractivity contribution in [2.24, 2.45) is 11.7 Å². The number of nitrogens with zero attached hydrogens (tertiary/aromatic N) is 1. The molecule has 19 heavy (non-hydrogen) atoms. The van der Waals surface area contributed by atoms with Gasteiger partial charge in [0, 0.05) is 24.0 Å². The van der Waals surface area contributed by atoms with Crippen molar-refractivity contribution in [3.8, 4) is 0 Å². The molecule has 1 aromatic rings. The third-order valence-corrected chi connectivity index (χ3v) is 5.87. The molecule has 1 aliphatic rings. The van der Waals surface area contributed by atoms with E-state index in [2.05, 4.69) is 0 Å². The molecule has 2 rings (SSSR count). The summed E-state index contributed by atoms with van der Waals surface area (Å²) in [6, 6.07) is 6.97. The van der Waals surface area contributed by atoms with Gasteiger partial charge in [-0.3, -0.25) is 0 Å². The van der Waals surface area contributed by atoms with E-state index in [1.54, 1.807) is 18.2 Å². The first-order chi connectivity index (χ1) is 8.45. The van der Waals surface area contributed by atoms with Gasteiger partial charge < -0.3 is 5.73 Å². The van der Waals surface area contributed by atoms with E-state index in [1.165, 1.54) is 16.1 Å². The van der Waals surface area contributed by atoms with E-state index in [4.69, 9.17) is 5.73 Å². The van der Waals surface area contributed by atoms with E-state index in [0.29, 0.717) is 18.0 Å². The Bertz CT molecular complexity index is 526. The second-order valence-corrected chi connectivity index (χ2v) is 7.46. The molecular formula is C12H19ClN2O2S2. The minimum absolute atomic E-state index is 0. The first kappa shape index (κ1) is 16.8. The average Bonchev–Trinajstić information content (AvgIpc) is 2.70. The molecule has 2 unspecified atom stereocenters. The molecular weight excluding hydrogens is 304 g/mol. The molecule has 0 aliphatic carbocycles. The number of hydrogen-bond acceptors (Lipinski definition) is 4. The highest BCUT2D eigenvalue weighted by Crippen LogP contribution is 2.26. The summed E-state index contributed by atoms with van der Waals surface area (Å²) < 4.78 is 26.4. The molecule has 0 bridgehead atoms. The van der Waals surface area contributed by atoms with Crippen molar-refractivity contribution in [3.05, 3.63) is 24.3 Å². The second-order valence-electron chi connectivity index (χ2n) is 4.64. The third kappa shape index (κ3) is 3.44. The van der Waals surface area contributed by atoms with Gasteiger partial charge in [0.15, 0.2) is 0 Å². The van der Waals surface area contributed by atoms with E-state index in [0.717, 1.165) is 4.90 Å². The fourth-order valence-electron chi connectivity index (χ4n) is 2.05. The van der Waals surface area contributed by atoms with E-state index < -0.39 is 10.0 Å². The molecule has 1 aliphatic heterocycles. The summed E-state index contributed by atoms with van der Waals surface area (Å²) in [5, 5.41) is 0. The molecule has 0 saturated carbocycles. The fraction of sp³-hybridized carbons (Fsp3) is 0.500. The molecule has 0 aromatic heterocycles. The van der Waals surface area contributed by atoms with Crippen LogP contribution in [0.15, 0.2) is 34.1 Å². The summed E-state index contributed by atoms with van der Waals surface area (Å²) in [4.78, 5) is 1.31. The highest BCUT2D eigenvalue weighted by molar-refractivity contribution is 7.98. The molecule has 0 spiro atoms. The molecule has 1 heterocycles. The summed E-state index contributed by atoms with van der Waals surface area (Å²) in [6.45, 7) is 2.90. The Morgan fingerprint density at radius 3 is 2.58 bits per heavy atom. The van der Waals surface area contributed by atoms with Crippen LogP contribution in [-0.4, -0.2) is 38.1 Å². The predicted octanol–water partition coefficient (Wildman–Crippen LogP) is 1.80. The Morgan fingerprint density at radius 1 is 1.37 bits per heavy atom. The number of hydrogen-bond donors (Lipinski definition) is 1. The van der Waals surface area contributed by atoms with Crippen molar-refractivity contribution in [1.29, 1.82) is 0 Å². The lowest BCUT2D eigenvalue weighted by molar-refractivity contribution is 0.464. The maximum absolute atomic E-state index is 12.5. The van der Waals surface area contributed by atoms with Crippen LogP contribution in [0, 0.1) is 5.92 Å². The maximum atomic E-state index is 12.5. The summed E-state index contributed by atoms with van der Waals surface area (Å²) in [7, 11) is -3.40. The Hall–Kier alpha value is -0.270. The van der Waals surface area contributed by atoms with Crippen LogP contribution in [0.1, 0.15) is 6.92 Å². The summed E-state index contributed by atoms with van der Waals surface area (Å²) in [5.41, 5.74) is 5.89. The topological polar surface area (TPSA) is 63.4 Å². The van der Waals surface area contributed by atoms with Crippen LogP contribution >= 0.6 is 24.2 Å². The number of benzene rings is 1. The quantitative estimate of drug-likeness (QED) is 0.862. The molecule has 2 N–H and O–H groups in total. The van der Waals surface area contributed by atoms with Crippen molar-refractivity contribution >= 4 is 34.2 Å². The highest BCUT2D eigenvalue weighted by Gasteiger charge is 2.35. The van der Waals surface area contributed by atoms with Gasteiger partial charge in [-0.05, 0) is 30.4 Å². The largest absolute Gasteiger partial charge is 0.326 e. The number of sulfonamides is 1. The number of halogens is 1. The van der Waals surface area contributed by atoms with Gasteiger partial charge in [-0.25, -0.2) is 8.42 Å². The van der Waals surface area contributed by atoms with Crippen LogP contribution in [0.2, 0.25) is 0 Å². The van der Waals surface area contributed by atoms with Crippen molar-refractivity contribution in [3.63, 3.8) is 0 Å². The van der Waals surface area contributed by atoms with Gasteiger partial charge in [0.2, 0.25) is 10.0 Å². The molecule has 2 atom stereocenters. The Morgan fingerprint density at radius 2 is 2.05 bits per heavy atom. The molecule has 1 aromatic carbocycles. The van der Waals surface area contributed by atoms with Gasteiger partial charge in [0.05, 0.1) is 4.90 Å². The summed E-state index contributed by atoms with van der Waals surface area (Å²) >= 11 is 1.54. The van der Waals surface area contributed by atoms with Gasteiger partial charge >= 0.3 is 0 Å². The van der Waals surface area contributed by atoms with E-state index in [1.807, 2.05) is 19.2 Å². The Labute approximate surface area is 125 Å². The SMILES string of the molecule is CSc1cccc(S(=O)(=O)N2CC(C)C(N)C2)c1.Cl. The van der Waals surface area contributed by atoms with E-state index in [9.17, 15) is 8.42 Å². The lowest BCUT2D eigenvalue weighted by Crippen LogP contribution is -2.32. The van der Waals surface area contributed by atoms with Gasteiger partial charge in [0.1, 0.15) is 0 Å². The van der Waals surface area contributed by atoms with Gasteiger partial charge in [-0.1, -0.05) is 13.0 Å². The Kier molecular flexibility index (Phi) is 5.70. The first-order valence-corrected chi connectivity index (χ1v) is 8.51. The summed E-state index contributed by atoms with van der Waals surface area (Å²) in [6.07, 6.45) is 1.93. The van der Waals surface area contributed by atoms with Crippen LogP contribution in [0.3, 0.4) is 0 Å². The smallest absolute Gasteiger partial charge is 0.243 e. The van der Waals surface area contributed by atoms with Crippen LogP contribution in [-0.2, 0) is 10.0 Å². The molecule has 4 nitrogen and oxygen atoms in total. The molecule has 1 saturated heterocycles. The average molecular weight is 323 g/mol. The van der Waals surface area contributed by atoms with E-state index in [-0.39, 0.29) is 24.4 Å². The normalized spacial score (nSPS) is 24.2. The zero-order valence-electron chi connectivity index (χ0n) is 10.9. The number of rotatable bonds is 3. The second kappa shape index (κ2) is 6.45. The van der Waals surface area contributed by atoms with Crippen LogP contribution in [0.5, 0.6) is 0 Å². The zero-order valence-corrected chi connectivity index (χ0v) is 13.4. The fourth-order valence-corrected chi connectivity index (χ4v) is 4.21. The third-order valence-electron chi connectivity index (χ3n) is 3.32. The van der Waals surface area contributed by atoms with Crippen LogP contribution < -0.4 is 5.73 Å². The van der Waals surface area contributed by atoms with Crippen molar-refractivity contribution in [2.45, 2.75) is 22.8 Å². The minimum atomic E-state index is -3.40. The molecule has 108 valence electrons. The predicted molar refractivity (Wildman–Crippen MR) is 81.4 cm³/mol. The number of thioether (sulfide) groups is 1. The van der Waals surface area contributed by atoms with Crippen molar-refractivity contribution in [1.82, 2.24) is 4.31 Å². The highest BCUT2D eigenvalue weighted by atomic mass is 35.5. The van der Waals surface area contributed by atoms with Crippen LogP contribution in [0.25, 0.3) is 0 Å². The molecule has 7 heteroatoms. The van der Waals surface area contributed by atoms with Crippen molar-refractivity contribution in [2.75, 3.05) is 19.3 Å². The van der Waals surface area contributed by atoms with Gasteiger partial charge in [0.25, 0.3) is 0 Å². The van der Waals surface area contributed by atoms with Crippen molar-refractivity contribution < 1.29 is 8.42 Å². The molecule has 1 fully saturated rings. The molecule has 0 radical (unpaired) electrons. The Balaban J connectivity index is 0.00000180. The minimum Gasteiger partial charge on any atom is -0.326 e. The first-order valence-electron chi connectivity index (χ1n) is 5.85. The standard InChI is InChI=1S/C12H18N2O2S2.ClH/c1-9-7-14(8-12(9)13)18(15,16)11-5-3-4-10(6-11)17-2;/h3-6,9,12H,7-8,13H2,1-2H3;1H. The van der Waals surface area contributed by atoms with Gasteiger partial charge in [-0.2, -0.15) is 4.31 Å². The monoisotopic (exact) mass is 322 g/mol. The summed E-state index contributed by atoms with van der Waals surface area (Å²) in [5.74, 6) is 0.212.